The Morgan fingerprint density at radius 3 is 0.787 bits per heavy atom. The number of carbonyl (C=O) groups excluding carboxylic acids is 4. The second-order valence-electron chi connectivity index (χ2n) is 20.3. The number of aliphatic hydroxyl groups excluding tert-OH is 1. The number of carbonyl (C=O) groups is 4. The van der Waals surface area contributed by atoms with Crippen molar-refractivity contribution in [2.45, 2.75) is 296 Å². The second kappa shape index (κ2) is 51.5. The maximum atomic E-state index is 12.9. The van der Waals surface area contributed by atoms with Crippen molar-refractivity contribution in [2.24, 2.45) is 0 Å². The van der Waals surface area contributed by atoms with Crippen molar-refractivity contribution in [1.82, 2.24) is 0 Å². The standard InChI is InChI=1S/C56H108O17P2/c1-5-9-13-17-21-24-26-30-33-37-41-54(59)67-47-52(73-56(61)43-39-35-31-27-25-22-18-14-10-6-2)49-71-75(64,65)69-45-50(57)44-68-74(62,63)70-48-51(46-66-53(58)40-36-32-28-20-16-12-8-4)72-55(60)42-38-34-29-23-19-15-11-7-3/h50-52,57H,5-49H2,1-4H3,(H,62,63)(H,64,65)/t50-,51+,52+/m0/s1. The molecule has 2 unspecified atom stereocenters. The summed E-state index contributed by atoms with van der Waals surface area (Å²) in [5.74, 6) is -2.15. The Labute approximate surface area is 454 Å². The van der Waals surface area contributed by atoms with Crippen molar-refractivity contribution in [1.29, 1.82) is 0 Å². The van der Waals surface area contributed by atoms with Crippen LogP contribution in [0, 0.1) is 0 Å². The molecule has 0 rings (SSSR count). The minimum absolute atomic E-state index is 0.105. The number of hydrogen-bond acceptors (Lipinski definition) is 15. The summed E-state index contributed by atoms with van der Waals surface area (Å²) in [4.78, 5) is 71.6. The Morgan fingerprint density at radius 1 is 0.320 bits per heavy atom. The van der Waals surface area contributed by atoms with Crippen molar-refractivity contribution in [3.05, 3.63) is 0 Å². The average molecular weight is 1120 g/mol. The van der Waals surface area contributed by atoms with Crippen LogP contribution in [0.4, 0.5) is 0 Å². The van der Waals surface area contributed by atoms with Gasteiger partial charge in [-0.15, -0.1) is 0 Å². The monoisotopic (exact) mass is 1110 g/mol. The molecule has 0 saturated heterocycles. The van der Waals surface area contributed by atoms with Gasteiger partial charge in [-0.25, -0.2) is 9.13 Å². The van der Waals surface area contributed by atoms with Crippen molar-refractivity contribution >= 4 is 39.5 Å². The summed E-state index contributed by atoms with van der Waals surface area (Å²) >= 11 is 0. The molecule has 17 nitrogen and oxygen atoms in total. The summed E-state index contributed by atoms with van der Waals surface area (Å²) in [6.07, 6.45) is 33.5. The predicted octanol–water partition coefficient (Wildman–Crippen LogP) is 14.8. The van der Waals surface area contributed by atoms with E-state index in [1.54, 1.807) is 0 Å². The zero-order chi connectivity index (χ0) is 55.5. The highest BCUT2D eigenvalue weighted by molar-refractivity contribution is 7.47. The lowest BCUT2D eigenvalue weighted by Gasteiger charge is -2.21. The maximum Gasteiger partial charge on any atom is 0.472 e. The van der Waals surface area contributed by atoms with Crippen molar-refractivity contribution < 1.29 is 80.2 Å². The van der Waals surface area contributed by atoms with E-state index < -0.39 is 97.5 Å². The first-order chi connectivity index (χ1) is 36.2. The van der Waals surface area contributed by atoms with Crippen molar-refractivity contribution in [3.8, 4) is 0 Å². The molecule has 0 fully saturated rings. The van der Waals surface area contributed by atoms with E-state index in [0.717, 1.165) is 109 Å². The SMILES string of the molecule is CCCCCCCCCCCCC(=O)OC[C@H](COP(=O)(O)OC[C@@H](O)COP(=O)(O)OC[C@@H](COC(=O)CCCCCCCCC)OC(=O)CCCCCCCCCC)OC(=O)CCCCCCCCCCCC. The number of ether oxygens (including phenoxy) is 4. The summed E-state index contributed by atoms with van der Waals surface area (Å²) in [5, 5.41) is 10.5. The second-order valence-corrected chi connectivity index (χ2v) is 23.2. The summed E-state index contributed by atoms with van der Waals surface area (Å²) in [7, 11) is -9.86. The van der Waals surface area contributed by atoms with E-state index in [1.165, 1.54) is 89.9 Å². The van der Waals surface area contributed by atoms with Gasteiger partial charge >= 0.3 is 39.5 Å². The molecule has 0 bridgehead atoms. The Bertz CT molecular complexity index is 1470. The molecule has 0 aromatic heterocycles. The normalized spacial score (nSPS) is 14.4. The molecule has 19 heteroatoms. The van der Waals surface area contributed by atoms with Gasteiger partial charge in [-0.1, -0.05) is 227 Å². The average Bonchev–Trinajstić information content (AvgIpc) is 3.38. The van der Waals surface area contributed by atoms with Gasteiger partial charge in [0.1, 0.15) is 19.3 Å². The number of hydrogen-bond donors (Lipinski definition) is 3. The molecule has 3 N–H and O–H groups in total. The van der Waals surface area contributed by atoms with Crippen LogP contribution in [0.15, 0.2) is 0 Å². The van der Waals surface area contributed by atoms with E-state index in [-0.39, 0.29) is 25.7 Å². The van der Waals surface area contributed by atoms with Gasteiger partial charge in [-0.05, 0) is 25.7 Å². The highest BCUT2D eigenvalue weighted by Crippen LogP contribution is 2.45. The highest BCUT2D eigenvalue weighted by atomic mass is 31.2. The fourth-order valence-corrected chi connectivity index (χ4v) is 9.80. The van der Waals surface area contributed by atoms with Crippen LogP contribution in [-0.2, 0) is 65.4 Å². The lowest BCUT2D eigenvalue weighted by molar-refractivity contribution is -0.161. The molecule has 0 amide bonds. The molecule has 0 heterocycles. The predicted molar refractivity (Wildman–Crippen MR) is 294 cm³/mol. The van der Waals surface area contributed by atoms with Crippen LogP contribution in [0.25, 0.3) is 0 Å². The van der Waals surface area contributed by atoms with E-state index in [2.05, 4.69) is 27.7 Å². The topological polar surface area (TPSA) is 237 Å². The number of unbranched alkanes of at least 4 members (excludes halogenated alkanes) is 31. The number of phosphoric ester groups is 2. The smallest absolute Gasteiger partial charge is 0.462 e. The molecule has 0 aliphatic heterocycles. The summed E-state index contributed by atoms with van der Waals surface area (Å²) in [6.45, 7) is 4.75. The van der Waals surface area contributed by atoms with Crippen LogP contribution >= 0.6 is 15.6 Å². The minimum atomic E-state index is -4.93. The molecule has 0 saturated carbocycles. The molecular formula is C56H108O17P2. The van der Waals surface area contributed by atoms with E-state index in [9.17, 15) is 43.2 Å². The number of aliphatic hydroxyl groups is 1. The van der Waals surface area contributed by atoms with Crippen LogP contribution in [0.2, 0.25) is 0 Å². The van der Waals surface area contributed by atoms with Gasteiger partial charge in [0.15, 0.2) is 12.2 Å². The van der Waals surface area contributed by atoms with Gasteiger partial charge in [0.25, 0.3) is 0 Å². The maximum absolute atomic E-state index is 12.9. The molecular weight excluding hydrogens is 1010 g/mol. The summed E-state index contributed by atoms with van der Waals surface area (Å²) < 4.78 is 67.5. The first-order valence-corrected chi connectivity index (χ1v) is 32.8. The summed E-state index contributed by atoms with van der Waals surface area (Å²) in [6, 6.07) is 0. The number of phosphoric acid groups is 2. The van der Waals surface area contributed by atoms with Crippen LogP contribution in [0.1, 0.15) is 278 Å². The molecule has 0 radical (unpaired) electrons. The lowest BCUT2D eigenvalue weighted by atomic mass is 10.1. The van der Waals surface area contributed by atoms with E-state index in [1.807, 2.05) is 0 Å². The molecule has 75 heavy (non-hydrogen) atoms. The fraction of sp³-hybridized carbons (Fsp3) is 0.929. The third-order valence-electron chi connectivity index (χ3n) is 12.9. The van der Waals surface area contributed by atoms with E-state index in [4.69, 9.17) is 37.0 Å². The third-order valence-corrected chi connectivity index (χ3v) is 14.8. The largest absolute Gasteiger partial charge is 0.472 e. The Balaban J connectivity index is 5.20. The van der Waals surface area contributed by atoms with Gasteiger partial charge in [-0.3, -0.25) is 37.3 Å². The van der Waals surface area contributed by atoms with Gasteiger partial charge in [0, 0.05) is 25.7 Å². The Kier molecular flexibility index (Phi) is 50.2. The Morgan fingerprint density at radius 2 is 0.533 bits per heavy atom. The summed E-state index contributed by atoms with van der Waals surface area (Å²) in [5.41, 5.74) is 0. The van der Waals surface area contributed by atoms with Crippen LogP contribution < -0.4 is 0 Å². The zero-order valence-electron chi connectivity index (χ0n) is 47.5. The zero-order valence-corrected chi connectivity index (χ0v) is 49.3. The molecule has 5 atom stereocenters. The van der Waals surface area contributed by atoms with Crippen LogP contribution in [0.5, 0.6) is 0 Å². The van der Waals surface area contributed by atoms with Gasteiger partial charge < -0.3 is 33.8 Å². The number of esters is 4. The first kappa shape index (κ1) is 73.1. The molecule has 0 aromatic carbocycles. The van der Waals surface area contributed by atoms with Crippen LogP contribution in [0.3, 0.4) is 0 Å². The first-order valence-electron chi connectivity index (χ1n) is 29.8. The van der Waals surface area contributed by atoms with Gasteiger partial charge in [-0.2, -0.15) is 0 Å². The fourth-order valence-electron chi connectivity index (χ4n) is 8.22. The lowest BCUT2D eigenvalue weighted by Crippen LogP contribution is -2.30. The van der Waals surface area contributed by atoms with Gasteiger partial charge in [0.05, 0.1) is 26.4 Å². The van der Waals surface area contributed by atoms with Crippen LogP contribution in [-0.4, -0.2) is 96.7 Å². The minimum Gasteiger partial charge on any atom is -0.462 e. The highest BCUT2D eigenvalue weighted by Gasteiger charge is 2.30. The van der Waals surface area contributed by atoms with Crippen molar-refractivity contribution in [2.75, 3.05) is 39.6 Å². The molecule has 444 valence electrons. The molecule has 0 aliphatic carbocycles. The Hall–Kier alpha value is -1.94. The van der Waals surface area contributed by atoms with Crippen molar-refractivity contribution in [3.63, 3.8) is 0 Å². The third kappa shape index (κ3) is 51.3. The number of rotatable bonds is 57. The molecule has 0 aliphatic rings. The van der Waals surface area contributed by atoms with E-state index in [0.29, 0.717) is 25.7 Å². The molecule has 0 aromatic rings. The quantitative estimate of drug-likeness (QED) is 0.0222. The van der Waals surface area contributed by atoms with E-state index >= 15 is 0 Å². The molecule has 0 spiro atoms. The van der Waals surface area contributed by atoms with Gasteiger partial charge in [0.2, 0.25) is 0 Å².